The van der Waals surface area contributed by atoms with Crippen LogP contribution in [0.15, 0.2) is 42.6 Å². The average molecular weight is 404 g/mol. The maximum Gasteiger partial charge on any atom is 0.252 e. The predicted octanol–water partition coefficient (Wildman–Crippen LogP) is 3.18. The lowest BCUT2D eigenvalue weighted by molar-refractivity contribution is 0.0940. The smallest absolute Gasteiger partial charge is 0.252 e. The highest BCUT2D eigenvalue weighted by molar-refractivity contribution is 6.07. The molecule has 0 aliphatic carbocycles. The van der Waals surface area contributed by atoms with E-state index in [1.165, 1.54) is 0 Å². The first-order chi connectivity index (χ1) is 14.4. The van der Waals surface area contributed by atoms with E-state index in [2.05, 4.69) is 15.5 Å². The number of hydrogen-bond acceptors (Lipinski definition) is 5. The summed E-state index contributed by atoms with van der Waals surface area (Å²) in [5.74, 6) is 0.574. The summed E-state index contributed by atoms with van der Waals surface area (Å²) in [5.41, 5.74) is 4.36. The molecule has 1 amide bonds. The third-order valence-corrected chi connectivity index (χ3v) is 5.12. The highest BCUT2D eigenvalue weighted by Gasteiger charge is 2.21. The number of benzene rings is 1. The third-order valence-electron chi connectivity index (χ3n) is 5.12. The van der Waals surface area contributed by atoms with Crippen LogP contribution in [0.5, 0.6) is 5.75 Å². The number of fused-ring (bicyclic) bond motifs is 1. The summed E-state index contributed by atoms with van der Waals surface area (Å²) in [6.45, 7) is 3.80. The number of aryl methyl sites for hydroxylation is 3. The molecule has 0 unspecified atom stereocenters. The Labute approximate surface area is 174 Å². The molecule has 0 radical (unpaired) electrons. The van der Waals surface area contributed by atoms with Gasteiger partial charge in [0, 0.05) is 25.9 Å². The molecule has 4 aromatic rings. The topological polar surface area (TPSA) is 86.9 Å². The molecule has 1 aromatic carbocycles. The zero-order valence-corrected chi connectivity index (χ0v) is 17.7. The number of hydrogen-bond donors (Lipinski definition) is 1. The zero-order chi connectivity index (χ0) is 21.4. The van der Waals surface area contributed by atoms with Gasteiger partial charge in [-0.15, -0.1) is 0 Å². The van der Waals surface area contributed by atoms with Gasteiger partial charge in [0.2, 0.25) is 0 Å². The van der Waals surface area contributed by atoms with E-state index in [0.717, 1.165) is 28.1 Å². The molecule has 3 aromatic heterocycles. The molecule has 0 bridgehead atoms. The minimum atomic E-state index is -0.233. The highest BCUT2D eigenvalue weighted by Crippen LogP contribution is 2.28. The van der Waals surface area contributed by atoms with Gasteiger partial charge in [0.25, 0.3) is 5.91 Å². The Balaban J connectivity index is 1.77. The van der Waals surface area contributed by atoms with Gasteiger partial charge in [-0.2, -0.15) is 10.2 Å². The van der Waals surface area contributed by atoms with E-state index in [1.54, 1.807) is 16.5 Å². The molecule has 8 nitrogen and oxygen atoms in total. The summed E-state index contributed by atoms with van der Waals surface area (Å²) < 4.78 is 8.66. The fourth-order valence-corrected chi connectivity index (χ4v) is 3.55. The van der Waals surface area contributed by atoms with E-state index < -0.39 is 0 Å². The van der Waals surface area contributed by atoms with Crippen LogP contribution in [0.1, 0.15) is 34.7 Å². The Kier molecular flexibility index (Phi) is 4.99. The number of pyridine rings is 1. The summed E-state index contributed by atoms with van der Waals surface area (Å²) in [6, 6.07) is 11.1. The molecule has 1 atom stereocenters. The van der Waals surface area contributed by atoms with Crippen LogP contribution in [0.2, 0.25) is 0 Å². The molecular weight excluding hydrogens is 380 g/mol. The van der Waals surface area contributed by atoms with E-state index in [9.17, 15) is 4.79 Å². The molecule has 4 rings (SSSR count). The van der Waals surface area contributed by atoms with Crippen molar-refractivity contribution in [1.29, 1.82) is 0 Å². The summed E-state index contributed by atoms with van der Waals surface area (Å²) in [7, 11) is 5.31. The lowest BCUT2D eigenvalue weighted by Gasteiger charge is -2.13. The van der Waals surface area contributed by atoms with Crippen LogP contribution in [0, 0.1) is 6.92 Å². The maximum atomic E-state index is 13.3. The van der Waals surface area contributed by atoms with Gasteiger partial charge in [0.05, 0.1) is 41.2 Å². The molecule has 0 fully saturated rings. The van der Waals surface area contributed by atoms with Gasteiger partial charge < -0.3 is 10.1 Å². The van der Waals surface area contributed by atoms with Crippen molar-refractivity contribution in [3.05, 3.63) is 59.5 Å². The highest BCUT2D eigenvalue weighted by atomic mass is 16.5. The quantitative estimate of drug-likeness (QED) is 0.552. The van der Waals surface area contributed by atoms with E-state index in [0.29, 0.717) is 16.9 Å². The Morgan fingerprint density at radius 3 is 2.50 bits per heavy atom. The predicted molar refractivity (Wildman–Crippen MR) is 114 cm³/mol. The number of nitrogens with one attached hydrogen (secondary N) is 1. The number of aromatic nitrogens is 5. The molecular formula is C22H24N6O2. The number of amides is 1. The molecule has 30 heavy (non-hydrogen) atoms. The monoisotopic (exact) mass is 404 g/mol. The SMILES string of the molecule is COc1ccc(-c2cc(C(=O)N[C@@H](C)c3ccn(C)n3)c3c(C)nn(C)c3n2)cc1. The zero-order valence-electron chi connectivity index (χ0n) is 17.7. The summed E-state index contributed by atoms with van der Waals surface area (Å²) >= 11 is 0. The molecule has 0 aliphatic rings. The normalized spacial score (nSPS) is 12.2. The van der Waals surface area contributed by atoms with Crippen molar-refractivity contribution in [3.8, 4) is 17.0 Å². The van der Waals surface area contributed by atoms with E-state index in [-0.39, 0.29) is 11.9 Å². The van der Waals surface area contributed by atoms with Gasteiger partial charge in [0.15, 0.2) is 5.65 Å². The Bertz CT molecular complexity index is 1220. The Morgan fingerprint density at radius 1 is 1.13 bits per heavy atom. The molecule has 3 heterocycles. The van der Waals surface area contributed by atoms with Crippen molar-refractivity contribution >= 4 is 16.9 Å². The van der Waals surface area contributed by atoms with Crippen molar-refractivity contribution in [1.82, 2.24) is 29.9 Å². The summed E-state index contributed by atoms with van der Waals surface area (Å²) in [5, 5.41) is 12.7. The van der Waals surface area contributed by atoms with Crippen molar-refractivity contribution in [2.75, 3.05) is 7.11 Å². The van der Waals surface area contributed by atoms with Crippen LogP contribution < -0.4 is 10.1 Å². The van der Waals surface area contributed by atoms with Crippen molar-refractivity contribution in [2.45, 2.75) is 19.9 Å². The van der Waals surface area contributed by atoms with Crippen LogP contribution in [-0.2, 0) is 14.1 Å². The molecule has 0 saturated carbocycles. The van der Waals surface area contributed by atoms with Crippen LogP contribution >= 0.6 is 0 Å². The fourth-order valence-electron chi connectivity index (χ4n) is 3.55. The Morgan fingerprint density at radius 2 is 1.87 bits per heavy atom. The second-order valence-corrected chi connectivity index (χ2v) is 7.30. The average Bonchev–Trinajstić information content (AvgIpc) is 3.30. The van der Waals surface area contributed by atoms with Crippen molar-refractivity contribution in [2.24, 2.45) is 14.1 Å². The lowest BCUT2D eigenvalue weighted by Crippen LogP contribution is -2.27. The molecule has 154 valence electrons. The number of carbonyl (C=O) groups excluding carboxylic acids is 1. The first-order valence-electron chi connectivity index (χ1n) is 9.66. The molecule has 0 spiro atoms. The van der Waals surface area contributed by atoms with Gasteiger partial charge in [-0.3, -0.25) is 14.2 Å². The number of carbonyl (C=O) groups is 1. The van der Waals surface area contributed by atoms with Gasteiger partial charge in [-0.1, -0.05) is 0 Å². The molecule has 8 heteroatoms. The summed E-state index contributed by atoms with van der Waals surface area (Å²) in [4.78, 5) is 18.0. The van der Waals surface area contributed by atoms with Crippen LogP contribution in [0.4, 0.5) is 0 Å². The van der Waals surface area contributed by atoms with Gasteiger partial charge in [-0.25, -0.2) is 4.98 Å². The third kappa shape index (κ3) is 3.52. The van der Waals surface area contributed by atoms with E-state index >= 15 is 0 Å². The fraction of sp³-hybridized carbons (Fsp3) is 0.273. The molecule has 0 saturated heterocycles. The first kappa shape index (κ1) is 19.6. The lowest BCUT2D eigenvalue weighted by atomic mass is 10.0. The summed E-state index contributed by atoms with van der Waals surface area (Å²) in [6.07, 6.45) is 1.86. The number of nitrogens with zero attached hydrogens (tertiary/aromatic N) is 5. The van der Waals surface area contributed by atoms with E-state index in [4.69, 9.17) is 9.72 Å². The van der Waals surface area contributed by atoms with Crippen molar-refractivity contribution in [3.63, 3.8) is 0 Å². The number of methoxy groups -OCH3 is 1. The van der Waals surface area contributed by atoms with Gasteiger partial charge in [0.1, 0.15) is 5.75 Å². The van der Waals surface area contributed by atoms with Gasteiger partial charge >= 0.3 is 0 Å². The second-order valence-electron chi connectivity index (χ2n) is 7.30. The van der Waals surface area contributed by atoms with Crippen LogP contribution in [0.25, 0.3) is 22.3 Å². The van der Waals surface area contributed by atoms with E-state index in [1.807, 2.05) is 70.5 Å². The number of ether oxygens (including phenoxy) is 1. The van der Waals surface area contributed by atoms with Gasteiger partial charge in [-0.05, 0) is 50.2 Å². The minimum Gasteiger partial charge on any atom is -0.497 e. The van der Waals surface area contributed by atoms with Crippen molar-refractivity contribution < 1.29 is 9.53 Å². The first-order valence-corrected chi connectivity index (χ1v) is 9.66. The standard InChI is InChI=1S/C22H24N6O2/c1-13(18-10-11-27(3)26-18)23-22(29)17-12-19(15-6-8-16(30-5)9-7-15)24-21-20(17)14(2)25-28(21)4/h6-13H,1-5H3,(H,23,29)/t13-/m0/s1. The minimum absolute atomic E-state index is 0.189. The van der Waals surface area contributed by atoms with Crippen LogP contribution in [-0.4, -0.2) is 37.6 Å². The van der Waals surface area contributed by atoms with Crippen LogP contribution in [0.3, 0.4) is 0 Å². The largest absolute Gasteiger partial charge is 0.497 e. The molecule has 1 N–H and O–H groups in total. The number of rotatable bonds is 5. The second kappa shape index (κ2) is 7.62. The molecule has 0 aliphatic heterocycles. The Hall–Kier alpha value is -3.68. The maximum absolute atomic E-state index is 13.3.